The van der Waals surface area contributed by atoms with Gasteiger partial charge in [0.25, 0.3) is 0 Å². The number of hydrogen-bond donors (Lipinski definition) is 3. The summed E-state index contributed by atoms with van der Waals surface area (Å²) in [7, 11) is 5.63. The van der Waals surface area contributed by atoms with Crippen LogP contribution in [0.15, 0.2) is 12.2 Å². The minimum atomic E-state index is -1.63. The van der Waals surface area contributed by atoms with Gasteiger partial charge in [-0.2, -0.15) is 0 Å². The predicted octanol–water partition coefficient (Wildman–Crippen LogP) is 4.22. The van der Waals surface area contributed by atoms with Gasteiger partial charge in [-0.15, -0.1) is 0 Å². The van der Waals surface area contributed by atoms with Crippen LogP contribution in [0.25, 0.3) is 0 Å². The van der Waals surface area contributed by atoms with E-state index < -0.39 is 71.7 Å². The fourth-order valence-electron chi connectivity index (χ4n) is 7.61. The van der Waals surface area contributed by atoms with Crippen molar-refractivity contribution in [1.82, 2.24) is 4.90 Å². The van der Waals surface area contributed by atoms with E-state index in [9.17, 15) is 20.4 Å². The molecular formula is C35H64N2O9. The smallest absolute Gasteiger partial charge is 0.311 e. The van der Waals surface area contributed by atoms with Crippen molar-refractivity contribution in [3.8, 4) is 0 Å². The zero-order valence-corrected chi connectivity index (χ0v) is 29.4. The second-order valence-corrected chi connectivity index (χ2v) is 14.5. The Morgan fingerprint density at radius 3 is 2.30 bits per heavy atom. The summed E-state index contributed by atoms with van der Waals surface area (Å²) in [5.41, 5.74) is -1.70. The topological polar surface area (TPSA) is 140 Å². The third-order valence-electron chi connectivity index (χ3n) is 10.4. The molecular weight excluding hydrogens is 592 g/mol. The number of fused-ring (bicyclic) bond motifs is 5. The van der Waals surface area contributed by atoms with E-state index in [-0.39, 0.29) is 38.7 Å². The number of nitrogens with zero attached hydrogens (tertiary/aromatic N) is 1. The number of aliphatic hydroxyl groups is 2. The van der Waals surface area contributed by atoms with Gasteiger partial charge in [0.1, 0.15) is 17.8 Å². The molecule has 3 heterocycles. The van der Waals surface area contributed by atoms with Crippen molar-refractivity contribution in [2.75, 3.05) is 34.4 Å². The van der Waals surface area contributed by atoms with Gasteiger partial charge in [-0.25, -0.2) is 0 Å². The quantitative estimate of drug-likeness (QED) is 0.291. The van der Waals surface area contributed by atoms with Crippen molar-refractivity contribution in [2.45, 2.75) is 142 Å². The summed E-state index contributed by atoms with van der Waals surface area (Å²) in [6.45, 7) is 19.0. The molecule has 0 aromatic rings. The van der Waals surface area contributed by atoms with E-state index in [0.717, 1.165) is 6.42 Å². The second kappa shape index (κ2) is 16.3. The molecule has 3 aliphatic heterocycles. The summed E-state index contributed by atoms with van der Waals surface area (Å²) in [6.07, 6.45) is -3.76. The molecule has 2 bridgehead atoms. The molecule has 46 heavy (non-hydrogen) atoms. The van der Waals surface area contributed by atoms with Gasteiger partial charge in [0.2, 0.25) is 0 Å². The molecule has 3 saturated heterocycles. The summed E-state index contributed by atoms with van der Waals surface area (Å²) < 4.78 is 38.2. The van der Waals surface area contributed by atoms with Crippen LogP contribution in [-0.2, 0) is 33.2 Å². The standard InChI is InChI=1S/C34H60N2O9.CH4/c1-13-25-34(9,39)30-21(5)26(35)19(3)15-33(8,42-17-18(2)16-41-30)29(22(6)27(37)23(7)31(38)44-25)45-32-28(40-12)24(36(10)11)14-20(4)43-32;/h19-25,27-30,32,35,37,39H,2,13-17H2,1,3-12H3;1H4/t19-,20-,21+,22+,23-,24+,25-,27+,28-,29-,30-,32+,33-,34-;/m1./s1. The lowest BCUT2D eigenvalue weighted by Gasteiger charge is -2.49. The third-order valence-corrected chi connectivity index (χ3v) is 10.4. The Morgan fingerprint density at radius 2 is 1.74 bits per heavy atom. The fourth-order valence-corrected chi connectivity index (χ4v) is 7.61. The average Bonchev–Trinajstić information content (AvgIpc) is 2.99. The van der Waals surface area contributed by atoms with Crippen molar-refractivity contribution in [3.05, 3.63) is 12.2 Å². The Hall–Kier alpha value is -1.44. The summed E-state index contributed by atoms with van der Waals surface area (Å²) >= 11 is 0. The van der Waals surface area contributed by atoms with Crippen molar-refractivity contribution < 1.29 is 43.4 Å². The number of carbonyl (C=O) groups is 1. The van der Waals surface area contributed by atoms with E-state index in [1.165, 1.54) is 0 Å². The number of cyclic esters (lactones) is 1. The van der Waals surface area contributed by atoms with Crippen LogP contribution in [0, 0.1) is 29.1 Å². The van der Waals surface area contributed by atoms with Crippen LogP contribution in [-0.4, -0.2) is 121 Å². The van der Waals surface area contributed by atoms with Gasteiger partial charge in [-0.3, -0.25) is 4.79 Å². The van der Waals surface area contributed by atoms with Crippen LogP contribution < -0.4 is 0 Å². The number of ether oxygens (including phenoxy) is 6. The van der Waals surface area contributed by atoms with Crippen molar-refractivity contribution in [1.29, 1.82) is 5.41 Å². The Bertz CT molecular complexity index is 1040. The Labute approximate surface area is 277 Å². The van der Waals surface area contributed by atoms with E-state index in [1.54, 1.807) is 21.0 Å². The van der Waals surface area contributed by atoms with E-state index in [2.05, 4.69) is 11.5 Å². The van der Waals surface area contributed by atoms with Gasteiger partial charge in [-0.1, -0.05) is 41.7 Å². The molecule has 0 unspecified atom stereocenters. The van der Waals surface area contributed by atoms with Crippen LogP contribution in [0.5, 0.6) is 0 Å². The van der Waals surface area contributed by atoms with Gasteiger partial charge in [-0.05, 0) is 72.5 Å². The lowest BCUT2D eigenvalue weighted by molar-refractivity contribution is -0.306. The lowest BCUT2D eigenvalue weighted by Crippen LogP contribution is -2.60. The molecule has 14 atom stereocenters. The van der Waals surface area contributed by atoms with Gasteiger partial charge in [0.05, 0.1) is 49.1 Å². The summed E-state index contributed by atoms with van der Waals surface area (Å²) in [5.74, 6) is -3.09. The molecule has 11 heteroatoms. The molecule has 3 N–H and O–H groups in total. The van der Waals surface area contributed by atoms with E-state index in [1.807, 2.05) is 55.6 Å². The van der Waals surface area contributed by atoms with Gasteiger partial charge < -0.3 is 48.9 Å². The predicted molar refractivity (Wildman–Crippen MR) is 178 cm³/mol. The maximum atomic E-state index is 13.6. The number of likely N-dealkylation sites (N-methyl/N-ethyl adjacent to an activating group) is 1. The van der Waals surface area contributed by atoms with Crippen molar-refractivity contribution in [2.24, 2.45) is 23.7 Å². The molecule has 3 fully saturated rings. The molecule has 3 rings (SSSR count). The van der Waals surface area contributed by atoms with Crippen LogP contribution >= 0.6 is 0 Å². The molecule has 0 radical (unpaired) electrons. The highest BCUT2D eigenvalue weighted by molar-refractivity contribution is 5.86. The minimum Gasteiger partial charge on any atom is -0.459 e. The SMILES string of the molecule is C.C=C1CO[C@@H]2[C@@H](C)C(=N)[C@H](C)C[C@@](C)(OC1)[C@H](O[C@@H]1O[C@H](C)C[C@H](N(C)C)[C@H]1OC)[C@@H](C)[C@H](O)[C@@H](C)C(=O)O[C@H](CC)[C@@]2(C)O. The maximum absolute atomic E-state index is 13.6. The zero-order valence-electron chi connectivity index (χ0n) is 29.4. The monoisotopic (exact) mass is 656 g/mol. The molecule has 0 aromatic carbocycles. The summed E-state index contributed by atoms with van der Waals surface area (Å²) in [5, 5.41) is 33.0. The number of aliphatic hydroxyl groups excluding tert-OH is 1. The number of esters is 1. The molecule has 11 nitrogen and oxygen atoms in total. The first-order valence-corrected chi connectivity index (χ1v) is 16.5. The number of rotatable bonds is 5. The number of methoxy groups -OCH3 is 1. The first-order chi connectivity index (χ1) is 20.9. The molecule has 268 valence electrons. The molecule has 0 saturated carbocycles. The third kappa shape index (κ3) is 8.58. The van der Waals surface area contributed by atoms with Crippen LogP contribution in [0.4, 0.5) is 0 Å². The number of nitrogens with one attached hydrogen (secondary N) is 1. The minimum absolute atomic E-state index is 0. The van der Waals surface area contributed by atoms with Crippen molar-refractivity contribution >= 4 is 11.7 Å². The van der Waals surface area contributed by atoms with Gasteiger partial charge in [0, 0.05) is 30.7 Å². The molecule has 0 amide bonds. The van der Waals surface area contributed by atoms with Crippen LogP contribution in [0.1, 0.15) is 82.1 Å². The average molecular weight is 657 g/mol. The Kier molecular flexibility index (Phi) is 14.4. The van der Waals surface area contributed by atoms with Gasteiger partial charge in [0.15, 0.2) is 6.29 Å². The van der Waals surface area contributed by atoms with Crippen molar-refractivity contribution in [3.63, 3.8) is 0 Å². The normalized spacial score (nSPS) is 45.2. The maximum Gasteiger partial charge on any atom is 0.311 e. The van der Waals surface area contributed by atoms with Gasteiger partial charge >= 0.3 is 5.97 Å². The van der Waals surface area contributed by atoms with E-state index in [0.29, 0.717) is 24.1 Å². The Balaban J connectivity index is 0.00000736. The molecule has 0 spiro atoms. The Morgan fingerprint density at radius 1 is 1.11 bits per heavy atom. The molecule has 0 aliphatic carbocycles. The first-order valence-electron chi connectivity index (χ1n) is 16.5. The fraction of sp³-hybridized carbons (Fsp3) is 0.886. The first kappa shape index (κ1) is 40.7. The van der Waals surface area contributed by atoms with E-state index >= 15 is 0 Å². The molecule has 3 aliphatic rings. The van der Waals surface area contributed by atoms with E-state index in [4.69, 9.17) is 28.4 Å². The van der Waals surface area contributed by atoms with Crippen LogP contribution in [0.2, 0.25) is 0 Å². The molecule has 0 aromatic heterocycles. The highest BCUT2D eigenvalue weighted by Crippen LogP contribution is 2.41. The second-order valence-electron chi connectivity index (χ2n) is 14.5. The highest BCUT2D eigenvalue weighted by Gasteiger charge is 2.52. The number of hydrogen-bond acceptors (Lipinski definition) is 11. The summed E-state index contributed by atoms with van der Waals surface area (Å²) in [6, 6.07) is 0.0123. The highest BCUT2D eigenvalue weighted by atomic mass is 16.7. The zero-order chi connectivity index (χ0) is 34.0. The number of carbonyl (C=O) groups excluding carboxylic acids is 1. The lowest BCUT2D eigenvalue weighted by atomic mass is 9.73. The summed E-state index contributed by atoms with van der Waals surface area (Å²) in [4.78, 5) is 15.7. The largest absolute Gasteiger partial charge is 0.459 e. The van der Waals surface area contributed by atoms with Crippen LogP contribution in [0.3, 0.4) is 0 Å².